The van der Waals surface area contributed by atoms with Gasteiger partial charge in [0.15, 0.2) is 23.3 Å². The van der Waals surface area contributed by atoms with Crippen LogP contribution in [0.4, 0.5) is 52.7 Å². The average Bonchev–Trinajstić information content (AvgIpc) is 2.84. The summed E-state index contributed by atoms with van der Waals surface area (Å²) in [5.74, 6) is -21.8. The Morgan fingerprint density at radius 2 is 1.16 bits per heavy atom. The Kier molecular flexibility index (Phi) is 11.8. The molecule has 0 spiro atoms. The molecular weight excluding hydrogens is 530 g/mol. The number of hydrogen-bond acceptors (Lipinski definition) is 1. The van der Waals surface area contributed by atoms with Gasteiger partial charge in [-0.1, -0.05) is 51.3 Å². The third kappa shape index (κ3) is 7.55. The van der Waals surface area contributed by atoms with E-state index in [1.807, 2.05) is 6.92 Å². The van der Waals surface area contributed by atoms with E-state index in [2.05, 4.69) is 0 Å². The molecule has 210 valence electrons. The van der Waals surface area contributed by atoms with E-state index in [1.54, 1.807) is 0 Å². The van der Waals surface area contributed by atoms with E-state index < -0.39 is 76.9 Å². The van der Waals surface area contributed by atoms with Crippen molar-refractivity contribution < 1.29 is 52.7 Å². The lowest BCUT2D eigenvalue weighted by molar-refractivity contribution is -0.320. The highest BCUT2D eigenvalue weighted by Crippen LogP contribution is 2.46. The van der Waals surface area contributed by atoms with Gasteiger partial charge in [-0.25, -0.2) is 26.3 Å². The van der Waals surface area contributed by atoms with E-state index in [1.165, 1.54) is 24.4 Å². The summed E-state index contributed by atoms with van der Waals surface area (Å²) in [6.45, 7) is 2.86. The van der Waals surface area contributed by atoms with Gasteiger partial charge in [0.2, 0.25) is 5.82 Å². The number of nitrogens with one attached hydrogen (secondary N) is 1. The topological polar surface area (TPSA) is 12.0 Å². The van der Waals surface area contributed by atoms with Crippen molar-refractivity contribution in [3.8, 4) is 11.1 Å². The van der Waals surface area contributed by atoms with E-state index in [0.717, 1.165) is 18.6 Å². The Balaban J connectivity index is 0.000000370. The van der Waals surface area contributed by atoms with Crippen molar-refractivity contribution in [2.24, 2.45) is 0 Å². The molecule has 0 atom stereocenters. The smallest absolute Gasteiger partial charge is 0.253 e. The summed E-state index contributed by atoms with van der Waals surface area (Å²) in [5.41, 5.74) is -1.96. The molecule has 0 heterocycles. The minimum atomic E-state index is -5.39. The maximum absolute atomic E-state index is 13.4. The number of unbranched alkanes of at least 4 members (excludes halogenated alkanes) is 3. The molecule has 0 bridgehead atoms. The van der Waals surface area contributed by atoms with E-state index in [4.69, 9.17) is 0 Å². The lowest BCUT2D eigenvalue weighted by Gasteiger charge is -2.33. The molecule has 0 aliphatic carbocycles. The van der Waals surface area contributed by atoms with Crippen LogP contribution in [0.15, 0.2) is 24.3 Å². The molecule has 0 saturated carbocycles. The highest BCUT2D eigenvalue weighted by Gasteiger charge is 2.70. The van der Waals surface area contributed by atoms with Gasteiger partial charge >= 0.3 is 17.9 Å². The molecule has 0 amide bonds. The second-order valence-corrected chi connectivity index (χ2v) is 8.02. The molecule has 2 rings (SSSR count). The number of rotatable bonds is 11. The summed E-state index contributed by atoms with van der Waals surface area (Å²) in [7, 11) is 0. The fourth-order valence-electron chi connectivity index (χ4n) is 3.06. The van der Waals surface area contributed by atoms with Crippen LogP contribution in [0.2, 0.25) is 0 Å². The van der Waals surface area contributed by atoms with Crippen molar-refractivity contribution in [1.29, 1.82) is 0 Å². The summed E-state index contributed by atoms with van der Waals surface area (Å²) in [5, 5.41) is 1.19. The molecule has 0 unspecified atom stereocenters. The molecule has 2 aromatic rings. The molecule has 0 fully saturated rings. The van der Waals surface area contributed by atoms with Crippen molar-refractivity contribution in [3.63, 3.8) is 0 Å². The lowest BCUT2D eigenvalue weighted by Crippen LogP contribution is -2.61. The predicted octanol–water partition coefficient (Wildman–Crippen LogP) is 9.01. The maximum Gasteiger partial charge on any atom is 0.386 e. The molecule has 13 heteroatoms. The fraction of sp³-hybridized carbons (Fsp3) is 0.500. The van der Waals surface area contributed by atoms with Gasteiger partial charge in [-0.15, -0.1) is 0 Å². The van der Waals surface area contributed by atoms with Crippen LogP contribution in [0.3, 0.4) is 0 Å². The van der Waals surface area contributed by atoms with Crippen LogP contribution in [0.5, 0.6) is 0 Å². The van der Waals surface area contributed by atoms with Crippen molar-refractivity contribution in [2.45, 2.75) is 70.3 Å². The summed E-state index contributed by atoms with van der Waals surface area (Å²) in [6, 6.07) is -0.681. The van der Waals surface area contributed by atoms with Gasteiger partial charge in [0.25, 0.3) is 0 Å². The highest BCUT2D eigenvalue weighted by atomic mass is 19.3. The van der Waals surface area contributed by atoms with Crippen molar-refractivity contribution >= 4 is 0 Å². The second kappa shape index (κ2) is 13.4. The number of alkyl halides is 6. The monoisotopic (exact) mass is 555 g/mol. The van der Waals surface area contributed by atoms with Crippen LogP contribution >= 0.6 is 0 Å². The Morgan fingerprint density at radius 1 is 0.649 bits per heavy atom. The van der Waals surface area contributed by atoms with Crippen molar-refractivity contribution in [1.82, 2.24) is 5.32 Å². The van der Waals surface area contributed by atoms with Gasteiger partial charge in [0, 0.05) is 18.5 Å². The van der Waals surface area contributed by atoms with Crippen molar-refractivity contribution in [3.05, 3.63) is 59.2 Å². The molecule has 2 aromatic carbocycles. The Labute approximate surface area is 205 Å². The summed E-state index contributed by atoms with van der Waals surface area (Å²) >= 11 is 0. The first-order valence-corrected chi connectivity index (χ1v) is 11.2. The van der Waals surface area contributed by atoms with Gasteiger partial charge in [-0.05, 0) is 18.9 Å². The zero-order valence-corrected chi connectivity index (χ0v) is 19.8. The Bertz CT molecular complexity index is 994. The highest BCUT2D eigenvalue weighted by molar-refractivity contribution is 5.65. The molecule has 1 N–H and O–H groups in total. The SMILES string of the molecule is CCCCCCC(F)(F)C(F)(F)C(F)(F)NCCC.Fc1ccccc1-c1c(F)c(F)c(F)c(F)c1F. The third-order valence-electron chi connectivity index (χ3n) is 5.15. The van der Waals surface area contributed by atoms with Crippen LogP contribution in [0.25, 0.3) is 11.1 Å². The minimum Gasteiger partial charge on any atom is -0.253 e. The molecular formula is C24H25F12N. The van der Waals surface area contributed by atoms with Gasteiger partial charge in [-0.3, -0.25) is 5.32 Å². The zero-order valence-electron chi connectivity index (χ0n) is 19.8. The number of halogens is 12. The largest absolute Gasteiger partial charge is 0.386 e. The third-order valence-corrected chi connectivity index (χ3v) is 5.15. The maximum atomic E-state index is 13.4. The van der Waals surface area contributed by atoms with Crippen LogP contribution in [0, 0.1) is 34.9 Å². The van der Waals surface area contributed by atoms with Crippen LogP contribution < -0.4 is 5.32 Å². The second-order valence-electron chi connectivity index (χ2n) is 8.02. The summed E-state index contributed by atoms with van der Waals surface area (Å²) in [4.78, 5) is 0. The van der Waals surface area contributed by atoms with Gasteiger partial charge in [0.05, 0.1) is 5.56 Å². The van der Waals surface area contributed by atoms with Gasteiger partial charge in [-0.2, -0.15) is 26.3 Å². The van der Waals surface area contributed by atoms with Crippen LogP contribution in [-0.4, -0.2) is 24.4 Å². The minimum absolute atomic E-state index is 0.147. The Morgan fingerprint density at radius 3 is 1.65 bits per heavy atom. The van der Waals surface area contributed by atoms with E-state index in [9.17, 15) is 52.7 Å². The molecule has 1 nitrogen and oxygen atoms in total. The van der Waals surface area contributed by atoms with Crippen LogP contribution in [0.1, 0.15) is 52.4 Å². The number of hydrogen-bond donors (Lipinski definition) is 1. The van der Waals surface area contributed by atoms with Crippen molar-refractivity contribution in [2.75, 3.05) is 6.54 Å². The van der Waals surface area contributed by atoms with Gasteiger partial charge < -0.3 is 0 Å². The fourth-order valence-corrected chi connectivity index (χ4v) is 3.06. The molecule has 0 aliphatic heterocycles. The van der Waals surface area contributed by atoms with Gasteiger partial charge in [0.1, 0.15) is 5.82 Å². The standard InChI is InChI=1S/C12H21F6N.C12H4F6/c1-3-5-6-7-8-10(13,14)11(15,16)12(17,18)19-9-4-2;13-6-4-2-1-3-5(6)7-8(14)10(16)12(18)11(17)9(7)15/h19H,3-9H2,1-2H3;1-4H. The molecule has 0 aromatic heterocycles. The first-order chi connectivity index (χ1) is 17.1. The molecule has 0 radical (unpaired) electrons. The quantitative estimate of drug-likeness (QED) is 0.0960. The molecule has 37 heavy (non-hydrogen) atoms. The molecule has 0 aliphatic rings. The first kappa shape index (κ1) is 32.6. The summed E-state index contributed by atoms with van der Waals surface area (Å²) < 4.78 is 158. The van der Waals surface area contributed by atoms with Crippen LogP contribution in [-0.2, 0) is 0 Å². The zero-order chi connectivity index (χ0) is 28.6. The lowest BCUT2D eigenvalue weighted by atomic mass is 10.0. The average molecular weight is 555 g/mol. The Hall–Kier alpha value is -2.44. The van der Waals surface area contributed by atoms with E-state index in [-0.39, 0.29) is 12.8 Å². The first-order valence-electron chi connectivity index (χ1n) is 11.2. The van der Waals surface area contributed by atoms with E-state index in [0.29, 0.717) is 12.8 Å². The molecule has 0 saturated heterocycles. The normalized spacial score (nSPS) is 12.4. The van der Waals surface area contributed by atoms with E-state index >= 15 is 0 Å². The number of benzene rings is 2. The summed E-state index contributed by atoms with van der Waals surface area (Å²) in [6.07, 6.45) is 0.413. The predicted molar refractivity (Wildman–Crippen MR) is 114 cm³/mol.